The van der Waals surface area contributed by atoms with Crippen molar-refractivity contribution >= 4 is 16.9 Å². The van der Waals surface area contributed by atoms with Gasteiger partial charge in [-0.05, 0) is 62.9 Å². The molecular weight excluding hydrogens is 594 g/mol. The Balaban J connectivity index is 1.25. The van der Waals surface area contributed by atoms with Crippen molar-refractivity contribution in [3.63, 3.8) is 0 Å². The van der Waals surface area contributed by atoms with Gasteiger partial charge in [0.15, 0.2) is 0 Å². The maximum Gasteiger partial charge on any atom is 0.410 e. The van der Waals surface area contributed by atoms with E-state index in [2.05, 4.69) is 24.3 Å². The molecule has 2 unspecified atom stereocenters. The highest BCUT2D eigenvalue weighted by Gasteiger charge is 2.35. The Morgan fingerprint density at radius 2 is 1.57 bits per heavy atom. The highest BCUT2D eigenvalue weighted by Crippen LogP contribution is 2.38. The second-order valence-electron chi connectivity index (χ2n) is 12.8. The molecule has 250 valence electrons. The Labute approximate surface area is 278 Å². The molecule has 1 amide bonds. The lowest BCUT2D eigenvalue weighted by molar-refractivity contribution is -0.0363. The molecule has 0 N–H and O–H groups in total. The zero-order valence-corrected chi connectivity index (χ0v) is 28.2. The molecule has 8 heteroatoms. The molecule has 1 fully saturated rings. The molecule has 0 aliphatic carbocycles. The number of likely N-dealkylation sites (tertiary alicyclic amines) is 1. The fourth-order valence-corrected chi connectivity index (χ4v) is 6.01. The van der Waals surface area contributed by atoms with Gasteiger partial charge >= 0.3 is 6.09 Å². The summed E-state index contributed by atoms with van der Waals surface area (Å²) in [7, 11) is 3.34. The van der Waals surface area contributed by atoms with E-state index in [0.717, 1.165) is 52.0 Å². The van der Waals surface area contributed by atoms with Gasteiger partial charge in [0.05, 0.1) is 46.7 Å². The van der Waals surface area contributed by atoms with Crippen LogP contribution in [0.4, 0.5) is 4.79 Å². The van der Waals surface area contributed by atoms with Crippen LogP contribution in [0.25, 0.3) is 10.8 Å². The molecule has 0 spiro atoms. The van der Waals surface area contributed by atoms with Crippen molar-refractivity contribution < 1.29 is 33.2 Å². The number of rotatable bonds is 13. The van der Waals surface area contributed by atoms with E-state index in [9.17, 15) is 4.79 Å². The van der Waals surface area contributed by atoms with Crippen molar-refractivity contribution in [1.82, 2.24) is 4.90 Å². The second kappa shape index (κ2) is 16.0. The van der Waals surface area contributed by atoms with E-state index in [1.165, 1.54) is 5.56 Å². The second-order valence-corrected chi connectivity index (χ2v) is 12.8. The number of benzene rings is 4. The molecule has 4 aromatic rings. The number of carbonyl (C=O) groups excluding carboxylic acids is 1. The Morgan fingerprint density at radius 3 is 2.28 bits per heavy atom. The number of hydrogen-bond donors (Lipinski definition) is 0. The quantitative estimate of drug-likeness (QED) is 0.138. The summed E-state index contributed by atoms with van der Waals surface area (Å²) in [6, 6.07) is 28.5. The first-order chi connectivity index (χ1) is 22.8. The van der Waals surface area contributed by atoms with Crippen molar-refractivity contribution in [2.45, 2.75) is 57.8 Å². The highest BCUT2D eigenvalue weighted by molar-refractivity contribution is 5.94. The van der Waals surface area contributed by atoms with E-state index in [0.29, 0.717) is 39.5 Å². The molecule has 8 nitrogen and oxygen atoms in total. The van der Waals surface area contributed by atoms with Gasteiger partial charge in [0.25, 0.3) is 0 Å². The minimum atomic E-state index is -0.581. The average Bonchev–Trinajstić information content (AvgIpc) is 3.08. The monoisotopic (exact) mass is 641 g/mol. The molecule has 0 bridgehead atoms. The van der Waals surface area contributed by atoms with Gasteiger partial charge in [0.2, 0.25) is 0 Å². The molecule has 5 rings (SSSR count). The molecule has 1 heterocycles. The largest absolute Gasteiger partial charge is 0.496 e. The normalized spacial score (nSPS) is 16.6. The summed E-state index contributed by atoms with van der Waals surface area (Å²) in [4.78, 5) is 14.8. The molecule has 4 aromatic carbocycles. The van der Waals surface area contributed by atoms with E-state index in [4.69, 9.17) is 28.4 Å². The lowest BCUT2D eigenvalue weighted by Gasteiger charge is -2.39. The average molecular weight is 642 g/mol. The molecule has 2 atom stereocenters. The fourth-order valence-electron chi connectivity index (χ4n) is 6.01. The maximum atomic E-state index is 13.1. The lowest BCUT2D eigenvalue weighted by atomic mass is 9.87. The molecule has 1 aliphatic heterocycles. The predicted octanol–water partition coefficient (Wildman–Crippen LogP) is 7.80. The van der Waals surface area contributed by atoms with E-state index < -0.39 is 5.60 Å². The minimum Gasteiger partial charge on any atom is -0.496 e. The van der Waals surface area contributed by atoms with Crippen LogP contribution in [0.15, 0.2) is 84.9 Å². The van der Waals surface area contributed by atoms with Gasteiger partial charge in [-0.2, -0.15) is 0 Å². The van der Waals surface area contributed by atoms with Gasteiger partial charge in [-0.3, -0.25) is 0 Å². The third-order valence-electron chi connectivity index (χ3n) is 8.30. The standard InChI is InChI=1S/C39H47NO7/c1-39(2,3)47-38(41)40-21-19-32(29-15-17-31(18-16-29)45-24-23-44-22-20-28-11-7-6-8-12-28)36(26-40)46-27-30-25-35(42-4)33-13-9-10-14-34(33)37(30)43-5/h6-18,25,32,36H,19-24,26-27H2,1-5H3. The summed E-state index contributed by atoms with van der Waals surface area (Å²) in [5.41, 5.74) is 2.70. The van der Waals surface area contributed by atoms with Gasteiger partial charge < -0.3 is 33.3 Å². The predicted molar refractivity (Wildman–Crippen MR) is 184 cm³/mol. The Kier molecular flexibility index (Phi) is 11.6. The van der Waals surface area contributed by atoms with Crippen LogP contribution in [-0.4, -0.2) is 69.8 Å². The van der Waals surface area contributed by atoms with Crippen molar-refractivity contribution in [2.75, 3.05) is 47.1 Å². The van der Waals surface area contributed by atoms with Crippen LogP contribution >= 0.6 is 0 Å². The molecule has 1 saturated heterocycles. The SMILES string of the molecule is COc1cc(COC2CN(C(=O)OC(C)(C)C)CCC2c2ccc(OCCOCCc3ccccc3)cc2)c(OC)c2ccccc12. The number of piperidine rings is 1. The van der Waals surface area contributed by atoms with Crippen LogP contribution in [0.1, 0.15) is 49.8 Å². The smallest absolute Gasteiger partial charge is 0.410 e. The summed E-state index contributed by atoms with van der Waals surface area (Å²) in [6.45, 7) is 8.58. The Bertz CT molecular complexity index is 1580. The van der Waals surface area contributed by atoms with Crippen LogP contribution in [0.2, 0.25) is 0 Å². The van der Waals surface area contributed by atoms with Crippen LogP contribution in [0.3, 0.4) is 0 Å². The van der Waals surface area contributed by atoms with E-state index >= 15 is 0 Å². The number of fused-ring (bicyclic) bond motifs is 1. The minimum absolute atomic E-state index is 0.0670. The summed E-state index contributed by atoms with van der Waals surface area (Å²) in [5, 5.41) is 1.93. The number of methoxy groups -OCH3 is 2. The third kappa shape index (κ3) is 9.18. The van der Waals surface area contributed by atoms with Crippen LogP contribution in [0.5, 0.6) is 17.2 Å². The van der Waals surface area contributed by atoms with Crippen molar-refractivity contribution in [2.24, 2.45) is 0 Å². The number of hydrogen-bond acceptors (Lipinski definition) is 7. The Hall–Kier alpha value is -4.27. The van der Waals surface area contributed by atoms with Crippen LogP contribution < -0.4 is 14.2 Å². The first-order valence-electron chi connectivity index (χ1n) is 16.3. The summed E-state index contributed by atoms with van der Waals surface area (Å²) >= 11 is 0. The number of carbonyl (C=O) groups is 1. The number of ether oxygens (including phenoxy) is 6. The van der Waals surface area contributed by atoms with E-state index in [1.54, 1.807) is 19.1 Å². The third-order valence-corrected chi connectivity index (χ3v) is 8.30. The van der Waals surface area contributed by atoms with Crippen LogP contribution in [0, 0.1) is 0 Å². The molecular formula is C39H47NO7. The van der Waals surface area contributed by atoms with Gasteiger partial charge in [-0.25, -0.2) is 4.79 Å². The molecule has 0 radical (unpaired) electrons. The van der Waals surface area contributed by atoms with Gasteiger partial charge in [-0.1, -0.05) is 66.7 Å². The van der Waals surface area contributed by atoms with Crippen molar-refractivity contribution in [1.29, 1.82) is 0 Å². The van der Waals surface area contributed by atoms with E-state index in [1.807, 2.05) is 81.4 Å². The molecule has 0 saturated carbocycles. The fraction of sp³-hybridized carbons (Fsp3) is 0.410. The van der Waals surface area contributed by atoms with Crippen molar-refractivity contribution in [3.05, 3.63) is 102 Å². The van der Waals surface area contributed by atoms with E-state index in [-0.39, 0.29) is 18.1 Å². The Morgan fingerprint density at radius 1 is 0.851 bits per heavy atom. The molecule has 0 aromatic heterocycles. The van der Waals surface area contributed by atoms with Crippen LogP contribution in [-0.2, 0) is 27.2 Å². The first kappa shape index (κ1) is 34.1. The molecule has 47 heavy (non-hydrogen) atoms. The maximum absolute atomic E-state index is 13.1. The number of amides is 1. The summed E-state index contributed by atoms with van der Waals surface area (Å²) in [5.74, 6) is 2.37. The number of nitrogens with zero attached hydrogens (tertiary/aromatic N) is 1. The zero-order valence-electron chi connectivity index (χ0n) is 28.2. The topological polar surface area (TPSA) is 75.7 Å². The van der Waals surface area contributed by atoms with Crippen molar-refractivity contribution in [3.8, 4) is 17.2 Å². The first-order valence-corrected chi connectivity index (χ1v) is 16.3. The highest BCUT2D eigenvalue weighted by atomic mass is 16.6. The summed E-state index contributed by atoms with van der Waals surface area (Å²) < 4.78 is 35.7. The molecule has 1 aliphatic rings. The summed E-state index contributed by atoms with van der Waals surface area (Å²) in [6.07, 6.45) is 1.01. The lowest BCUT2D eigenvalue weighted by Crippen LogP contribution is -2.48. The zero-order chi connectivity index (χ0) is 33.2. The van der Waals surface area contributed by atoms with Gasteiger partial charge in [0, 0.05) is 28.8 Å². The van der Waals surface area contributed by atoms with Gasteiger partial charge in [0.1, 0.15) is 29.5 Å². The van der Waals surface area contributed by atoms with Gasteiger partial charge in [-0.15, -0.1) is 0 Å².